The number of unbranched alkanes of at least 4 members (excludes halogenated alkanes) is 7. The highest BCUT2D eigenvalue weighted by molar-refractivity contribution is 5.68. The van der Waals surface area contributed by atoms with Gasteiger partial charge in [-0.3, -0.25) is 4.79 Å². The second kappa shape index (κ2) is 13.0. The van der Waals surface area contributed by atoms with E-state index in [1.54, 1.807) is 0 Å². The van der Waals surface area contributed by atoms with Crippen LogP contribution in [0.1, 0.15) is 78.1 Å². The lowest BCUT2D eigenvalue weighted by Crippen LogP contribution is -1.99. The molecule has 0 saturated carbocycles. The number of rotatable bonds is 12. The Morgan fingerprint density at radius 2 is 1.35 bits per heavy atom. The van der Waals surface area contributed by atoms with E-state index in [1.165, 1.54) is 63.2 Å². The van der Waals surface area contributed by atoms with E-state index in [2.05, 4.69) is 25.2 Å². The Bertz CT molecular complexity index is 299. The molecule has 0 aliphatic carbocycles. The first-order valence-corrected chi connectivity index (χ1v) is 7.97. The molecule has 0 aliphatic rings. The number of ether oxygens (including phenoxy) is 1. The molecule has 0 bridgehead atoms. The third-order valence-corrected chi connectivity index (χ3v) is 3.69. The molecule has 0 unspecified atom stereocenters. The maximum Gasteiger partial charge on any atom is 0.305 e. The summed E-state index contributed by atoms with van der Waals surface area (Å²) in [7, 11) is 1.45. The standard InChI is InChI=1S/C18H32O2/c1-5-17(16(2)3)14-12-10-8-6-7-9-11-13-15-18(19)20-4/h5H,1,6-15H2,2-4H3. The number of carbonyl (C=O) groups is 1. The fourth-order valence-corrected chi connectivity index (χ4v) is 2.30. The molecule has 0 N–H and O–H groups in total. The third-order valence-electron chi connectivity index (χ3n) is 3.69. The van der Waals surface area contributed by atoms with Crippen LogP contribution in [0.25, 0.3) is 0 Å². The van der Waals surface area contributed by atoms with E-state index in [0.29, 0.717) is 6.42 Å². The van der Waals surface area contributed by atoms with Crippen LogP contribution >= 0.6 is 0 Å². The molecular weight excluding hydrogens is 248 g/mol. The topological polar surface area (TPSA) is 26.3 Å². The molecule has 0 aromatic rings. The summed E-state index contributed by atoms with van der Waals surface area (Å²) in [5, 5.41) is 0. The molecular formula is C18H32O2. The number of esters is 1. The third kappa shape index (κ3) is 10.8. The zero-order chi connectivity index (χ0) is 15.2. The number of carbonyl (C=O) groups excluding carboxylic acids is 1. The van der Waals surface area contributed by atoms with Crippen molar-refractivity contribution >= 4 is 5.97 Å². The van der Waals surface area contributed by atoms with Gasteiger partial charge in [-0.25, -0.2) is 0 Å². The van der Waals surface area contributed by atoms with Gasteiger partial charge in [-0.15, -0.1) is 0 Å². The minimum Gasteiger partial charge on any atom is -0.469 e. The molecule has 0 aliphatic heterocycles. The minimum absolute atomic E-state index is 0.0812. The summed E-state index contributed by atoms with van der Waals surface area (Å²) in [4.78, 5) is 10.9. The van der Waals surface area contributed by atoms with E-state index < -0.39 is 0 Å². The normalized spacial score (nSPS) is 10.2. The van der Waals surface area contributed by atoms with Crippen LogP contribution in [0.5, 0.6) is 0 Å². The van der Waals surface area contributed by atoms with Crippen molar-refractivity contribution in [1.82, 2.24) is 0 Å². The molecule has 0 atom stereocenters. The molecule has 0 spiro atoms. The first-order chi connectivity index (χ1) is 9.61. The van der Waals surface area contributed by atoms with E-state index in [1.807, 2.05) is 6.08 Å². The summed E-state index contributed by atoms with van der Waals surface area (Å²) < 4.78 is 4.62. The van der Waals surface area contributed by atoms with Crippen LogP contribution in [0.15, 0.2) is 23.8 Å². The van der Waals surface area contributed by atoms with Crippen molar-refractivity contribution in [2.75, 3.05) is 7.11 Å². The lowest BCUT2D eigenvalue weighted by atomic mass is 10.0. The van der Waals surface area contributed by atoms with E-state index >= 15 is 0 Å². The summed E-state index contributed by atoms with van der Waals surface area (Å²) >= 11 is 0. The van der Waals surface area contributed by atoms with Gasteiger partial charge in [-0.1, -0.05) is 56.8 Å². The fourth-order valence-electron chi connectivity index (χ4n) is 2.30. The van der Waals surface area contributed by atoms with E-state index in [9.17, 15) is 4.79 Å². The van der Waals surface area contributed by atoms with Gasteiger partial charge in [0.05, 0.1) is 7.11 Å². The first kappa shape index (κ1) is 18.9. The van der Waals surface area contributed by atoms with Gasteiger partial charge in [0.25, 0.3) is 0 Å². The van der Waals surface area contributed by atoms with Crippen molar-refractivity contribution in [3.63, 3.8) is 0 Å². The Labute approximate surface area is 125 Å². The molecule has 20 heavy (non-hydrogen) atoms. The van der Waals surface area contributed by atoms with E-state index in [0.717, 1.165) is 12.8 Å². The zero-order valence-electron chi connectivity index (χ0n) is 13.7. The Hall–Kier alpha value is -1.05. The van der Waals surface area contributed by atoms with Gasteiger partial charge in [0.15, 0.2) is 0 Å². The van der Waals surface area contributed by atoms with Crippen molar-refractivity contribution in [2.24, 2.45) is 0 Å². The van der Waals surface area contributed by atoms with Gasteiger partial charge >= 0.3 is 5.97 Å². The van der Waals surface area contributed by atoms with Crippen LogP contribution < -0.4 is 0 Å². The average molecular weight is 280 g/mol. The summed E-state index contributed by atoms with van der Waals surface area (Å²) in [6, 6.07) is 0. The smallest absolute Gasteiger partial charge is 0.305 e. The second-order valence-electron chi connectivity index (χ2n) is 5.63. The van der Waals surface area contributed by atoms with Crippen LogP contribution in [-0.2, 0) is 9.53 Å². The molecule has 0 aromatic carbocycles. The lowest BCUT2D eigenvalue weighted by molar-refractivity contribution is -0.140. The predicted octanol–water partition coefficient (Wildman–Crippen LogP) is 5.58. The summed E-state index contributed by atoms with van der Waals surface area (Å²) in [5.41, 5.74) is 2.80. The van der Waals surface area contributed by atoms with Crippen LogP contribution in [0, 0.1) is 0 Å². The Morgan fingerprint density at radius 1 is 0.900 bits per heavy atom. The van der Waals surface area contributed by atoms with E-state index in [-0.39, 0.29) is 5.97 Å². The van der Waals surface area contributed by atoms with Gasteiger partial charge in [-0.05, 0) is 38.7 Å². The SMILES string of the molecule is C=CC(CCCCCCCCCCC(=O)OC)=C(C)C. The average Bonchev–Trinajstić information content (AvgIpc) is 2.44. The van der Waals surface area contributed by atoms with Gasteiger partial charge < -0.3 is 4.74 Å². The number of allylic oxidation sites excluding steroid dienone is 3. The van der Waals surface area contributed by atoms with Crippen LogP contribution in [-0.4, -0.2) is 13.1 Å². The van der Waals surface area contributed by atoms with Crippen molar-refractivity contribution in [3.8, 4) is 0 Å². The molecule has 0 aromatic heterocycles. The molecule has 0 radical (unpaired) electrons. The molecule has 0 rings (SSSR count). The maximum atomic E-state index is 10.9. The summed E-state index contributed by atoms with van der Waals surface area (Å²) in [5.74, 6) is -0.0812. The number of hydrogen-bond donors (Lipinski definition) is 0. The Kier molecular flexibility index (Phi) is 12.3. The van der Waals surface area contributed by atoms with Gasteiger partial charge in [-0.2, -0.15) is 0 Å². The zero-order valence-corrected chi connectivity index (χ0v) is 13.7. The molecule has 2 heteroatoms. The number of hydrogen-bond acceptors (Lipinski definition) is 2. The monoisotopic (exact) mass is 280 g/mol. The van der Waals surface area contributed by atoms with Crippen molar-refractivity contribution in [2.45, 2.75) is 78.1 Å². The predicted molar refractivity (Wildman–Crippen MR) is 86.8 cm³/mol. The van der Waals surface area contributed by atoms with Crippen LogP contribution in [0.3, 0.4) is 0 Å². The summed E-state index contributed by atoms with van der Waals surface area (Å²) in [6.07, 6.45) is 13.6. The molecule has 0 fully saturated rings. The maximum absolute atomic E-state index is 10.9. The molecule has 116 valence electrons. The van der Waals surface area contributed by atoms with Crippen LogP contribution in [0.2, 0.25) is 0 Å². The molecule has 0 saturated heterocycles. The largest absolute Gasteiger partial charge is 0.469 e. The molecule has 0 heterocycles. The highest BCUT2D eigenvalue weighted by Crippen LogP contribution is 2.16. The van der Waals surface area contributed by atoms with Crippen molar-refractivity contribution < 1.29 is 9.53 Å². The second-order valence-corrected chi connectivity index (χ2v) is 5.63. The van der Waals surface area contributed by atoms with Gasteiger partial charge in [0.1, 0.15) is 0 Å². The lowest BCUT2D eigenvalue weighted by Gasteiger charge is -2.05. The first-order valence-electron chi connectivity index (χ1n) is 7.97. The van der Waals surface area contributed by atoms with Crippen LogP contribution in [0.4, 0.5) is 0 Å². The number of methoxy groups -OCH3 is 1. The molecule has 0 amide bonds. The Morgan fingerprint density at radius 3 is 1.75 bits per heavy atom. The highest BCUT2D eigenvalue weighted by Gasteiger charge is 1.99. The fraction of sp³-hybridized carbons (Fsp3) is 0.722. The van der Waals surface area contributed by atoms with Gasteiger partial charge in [0.2, 0.25) is 0 Å². The minimum atomic E-state index is -0.0812. The highest BCUT2D eigenvalue weighted by atomic mass is 16.5. The van der Waals surface area contributed by atoms with Crippen molar-refractivity contribution in [3.05, 3.63) is 23.8 Å². The Balaban J connectivity index is 3.31. The quantitative estimate of drug-likeness (QED) is 0.265. The van der Waals surface area contributed by atoms with Gasteiger partial charge in [0, 0.05) is 6.42 Å². The van der Waals surface area contributed by atoms with E-state index in [4.69, 9.17) is 0 Å². The molecule has 2 nitrogen and oxygen atoms in total. The van der Waals surface area contributed by atoms with Crippen molar-refractivity contribution in [1.29, 1.82) is 0 Å². The summed E-state index contributed by atoms with van der Waals surface area (Å²) in [6.45, 7) is 8.18.